The molecule has 3 N–H and O–H groups in total. The van der Waals surface area contributed by atoms with E-state index in [0.29, 0.717) is 38.2 Å². The number of rotatable bonds is 4. The van der Waals surface area contributed by atoms with Crippen molar-refractivity contribution in [3.05, 3.63) is 46.5 Å². The molecule has 1 aromatic carbocycles. The van der Waals surface area contributed by atoms with E-state index in [4.69, 9.17) is 5.73 Å². The number of nitrogens with zero attached hydrogens (tertiary/aromatic N) is 5. The van der Waals surface area contributed by atoms with Crippen LogP contribution in [0.5, 0.6) is 0 Å². The molecule has 1 aromatic heterocycles. The second kappa shape index (κ2) is 7.29. The normalized spacial score (nSPS) is 21.6. The molecule has 5 rings (SSSR count). The van der Waals surface area contributed by atoms with Crippen LogP contribution in [0.3, 0.4) is 0 Å². The summed E-state index contributed by atoms with van der Waals surface area (Å²) < 4.78 is 2.06. The van der Waals surface area contributed by atoms with Crippen molar-refractivity contribution < 1.29 is 14.4 Å². The number of amides is 3. The lowest BCUT2D eigenvalue weighted by molar-refractivity contribution is -0.136. The smallest absolute Gasteiger partial charge is 0.255 e. The van der Waals surface area contributed by atoms with Gasteiger partial charge in [0, 0.05) is 38.2 Å². The molecule has 156 valence electrons. The van der Waals surface area contributed by atoms with Crippen LogP contribution in [0.25, 0.3) is 0 Å². The van der Waals surface area contributed by atoms with E-state index in [1.807, 2.05) is 18.2 Å². The predicted molar refractivity (Wildman–Crippen MR) is 105 cm³/mol. The van der Waals surface area contributed by atoms with Gasteiger partial charge in [0.2, 0.25) is 11.8 Å². The Morgan fingerprint density at radius 2 is 2.00 bits per heavy atom. The number of carbonyl (C=O) groups is 3. The Kier molecular flexibility index (Phi) is 4.59. The molecule has 1 atom stereocenters. The van der Waals surface area contributed by atoms with Gasteiger partial charge < -0.3 is 15.2 Å². The molecular weight excluding hydrogens is 386 g/mol. The standard InChI is InChI=1S/C20H23N7O3/c21-8-15-23-24-16-11-25(6-7-26(15)16)9-12-2-1-3-13-10-27(20(30)18(12)13)14-4-5-17(28)22-19(14)29/h1-3,14H,4-11,21H2,(H,22,28,29). The summed E-state index contributed by atoms with van der Waals surface area (Å²) in [7, 11) is 0. The molecule has 0 spiro atoms. The Bertz CT molecular complexity index is 1050. The molecule has 1 fully saturated rings. The SMILES string of the molecule is NCc1nnc2n1CCN(Cc1cccc3c1C(=O)N(C1CCC(=O)NC1=O)C3)C2. The molecule has 0 aliphatic carbocycles. The van der Waals surface area contributed by atoms with Crippen LogP contribution in [0.15, 0.2) is 18.2 Å². The Morgan fingerprint density at radius 3 is 2.80 bits per heavy atom. The zero-order valence-corrected chi connectivity index (χ0v) is 16.5. The van der Waals surface area contributed by atoms with Crippen molar-refractivity contribution in [2.45, 2.75) is 51.6 Å². The zero-order valence-electron chi connectivity index (χ0n) is 16.5. The number of imide groups is 1. The van der Waals surface area contributed by atoms with Crippen molar-refractivity contribution in [3.8, 4) is 0 Å². The van der Waals surface area contributed by atoms with Gasteiger partial charge in [0.1, 0.15) is 17.7 Å². The summed E-state index contributed by atoms with van der Waals surface area (Å²) in [4.78, 5) is 40.8. The number of carbonyl (C=O) groups excluding carboxylic acids is 3. The fraction of sp³-hybridized carbons (Fsp3) is 0.450. The number of benzene rings is 1. The molecular formula is C20H23N7O3. The number of piperidine rings is 1. The van der Waals surface area contributed by atoms with Crippen LogP contribution in [-0.4, -0.2) is 54.9 Å². The highest BCUT2D eigenvalue weighted by Gasteiger charge is 2.40. The first-order valence-electron chi connectivity index (χ1n) is 10.1. The lowest BCUT2D eigenvalue weighted by atomic mass is 10.0. The average Bonchev–Trinajstić information content (AvgIpc) is 3.29. The number of fused-ring (bicyclic) bond motifs is 2. The third kappa shape index (κ3) is 3.08. The van der Waals surface area contributed by atoms with Crippen molar-refractivity contribution in [1.29, 1.82) is 0 Å². The number of nitrogens with one attached hydrogen (secondary N) is 1. The maximum absolute atomic E-state index is 13.2. The van der Waals surface area contributed by atoms with Gasteiger partial charge in [-0.25, -0.2) is 0 Å². The number of hydrogen-bond donors (Lipinski definition) is 2. The van der Waals surface area contributed by atoms with Crippen LogP contribution < -0.4 is 11.1 Å². The fourth-order valence-electron chi connectivity index (χ4n) is 4.62. The molecule has 10 heteroatoms. The molecule has 2 aromatic rings. The maximum Gasteiger partial charge on any atom is 0.255 e. The molecule has 3 amide bonds. The van der Waals surface area contributed by atoms with Crippen LogP contribution in [0, 0.1) is 0 Å². The fourth-order valence-corrected chi connectivity index (χ4v) is 4.62. The third-order valence-corrected chi connectivity index (χ3v) is 6.12. The van der Waals surface area contributed by atoms with E-state index in [1.165, 1.54) is 0 Å². The minimum Gasteiger partial charge on any atom is -0.324 e. The molecule has 30 heavy (non-hydrogen) atoms. The van der Waals surface area contributed by atoms with E-state index >= 15 is 0 Å². The molecule has 3 aliphatic rings. The highest BCUT2D eigenvalue weighted by molar-refractivity contribution is 6.05. The summed E-state index contributed by atoms with van der Waals surface area (Å²) in [5.74, 6) is 0.864. The lowest BCUT2D eigenvalue weighted by Gasteiger charge is -2.29. The summed E-state index contributed by atoms with van der Waals surface area (Å²) in [5, 5.41) is 10.7. The quantitative estimate of drug-likeness (QED) is 0.653. The zero-order chi connectivity index (χ0) is 20.8. The first kappa shape index (κ1) is 18.9. The first-order chi connectivity index (χ1) is 14.5. The highest BCUT2D eigenvalue weighted by Crippen LogP contribution is 2.31. The minimum absolute atomic E-state index is 0.138. The maximum atomic E-state index is 13.2. The van der Waals surface area contributed by atoms with E-state index in [1.54, 1.807) is 4.90 Å². The van der Waals surface area contributed by atoms with Crippen molar-refractivity contribution >= 4 is 17.7 Å². The van der Waals surface area contributed by atoms with Crippen LogP contribution in [0.4, 0.5) is 0 Å². The summed E-state index contributed by atoms with van der Waals surface area (Å²) >= 11 is 0. The summed E-state index contributed by atoms with van der Waals surface area (Å²) in [5.41, 5.74) is 8.26. The molecule has 0 radical (unpaired) electrons. The Morgan fingerprint density at radius 1 is 1.13 bits per heavy atom. The van der Waals surface area contributed by atoms with E-state index in [9.17, 15) is 14.4 Å². The van der Waals surface area contributed by atoms with Gasteiger partial charge in [0.05, 0.1) is 13.1 Å². The van der Waals surface area contributed by atoms with Gasteiger partial charge in [-0.1, -0.05) is 18.2 Å². The molecule has 3 aliphatic heterocycles. The van der Waals surface area contributed by atoms with Gasteiger partial charge in [0.15, 0.2) is 0 Å². The molecule has 1 saturated heterocycles. The van der Waals surface area contributed by atoms with E-state index in [0.717, 1.165) is 35.9 Å². The number of hydrogen-bond acceptors (Lipinski definition) is 7. The number of aromatic nitrogens is 3. The minimum atomic E-state index is -0.598. The summed E-state index contributed by atoms with van der Waals surface area (Å²) in [6.07, 6.45) is 0.619. The average molecular weight is 409 g/mol. The molecule has 0 saturated carbocycles. The predicted octanol–water partition coefficient (Wildman–Crippen LogP) is -0.486. The molecule has 1 unspecified atom stereocenters. The van der Waals surface area contributed by atoms with Crippen molar-refractivity contribution in [2.24, 2.45) is 5.73 Å². The Balaban J connectivity index is 1.35. The van der Waals surface area contributed by atoms with Gasteiger partial charge in [-0.05, 0) is 17.5 Å². The van der Waals surface area contributed by atoms with Crippen LogP contribution in [0.2, 0.25) is 0 Å². The van der Waals surface area contributed by atoms with Gasteiger partial charge >= 0.3 is 0 Å². The number of nitrogens with two attached hydrogens (primary N) is 1. The van der Waals surface area contributed by atoms with Crippen molar-refractivity contribution in [3.63, 3.8) is 0 Å². The topological polar surface area (TPSA) is 126 Å². The van der Waals surface area contributed by atoms with Crippen LogP contribution in [-0.2, 0) is 42.3 Å². The summed E-state index contributed by atoms with van der Waals surface area (Å²) in [6, 6.07) is 5.26. The Labute approximate surface area is 173 Å². The van der Waals surface area contributed by atoms with Crippen molar-refractivity contribution in [2.75, 3.05) is 6.54 Å². The largest absolute Gasteiger partial charge is 0.324 e. The lowest BCUT2D eigenvalue weighted by Crippen LogP contribution is -2.52. The van der Waals surface area contributed by atoms with Gasteiger partial charge in [-0.15, -0.1) is 10.2 Å². The van der Waals surface area contributed by atoms with Gasteiger partial charge in [-0.3, -0.25) is 24.6 Å². The first-order valence-corrected chi connectivity index (χ1v) is 10.1. The second-order valence-electron chi connectivity index (χ2n) is 7.95. The van der Waals surface area contributed by atoms with E-state index in [2.05, 4.69) is 25.0 Å². The second-order valence-corrected chi connectivity index (χ2v) is 7.95. The molecule has 4 heterocycles. The summed E-state index contributed by atoms with van der Waals surface area (Å²) in [6.45, 7) is 3.59. The van der Waals surface area contributed by atoms with Crippen LogP contribution >= 0.6 is 0 Å². The van der Waals surface area contributed by atoms with E-state index in [-0.39, 0.29) is 24.1 Å². The highest BCUT2D eigenvalue weighted by atomic mass is 16.2. The molecule has 10 nitrogen and oxygen atoms in total. The van der Waals surface area contributed by atoms with Crippen LogP contribution in [0.1, 0.15) is 46.0 Å². The monoisotopic (exact) mass is 409 g/mol. The van der Waals surface area contributed by atoms with Gasteiger partial charge in [0.25, 0.3) is 5.91 Å². The van der Waals surface area contributed by atoms with E-state index < -0.39 is 6.04 Å². The van der Waals surface area contributed by atoms with Gasteiger partial charge in [-0.2, -0.15) is 0 Å². The Hall–Kier alpha value is -3.11. The molecule has 0 bridgehead atoms. The van der Waals surface area contributed by atoms with Crippen molar-refractivity contribution in [1.82, 2.24) is 29.9 Å². The third-order valence-electron chi connectivity index (χ3n) is 6.12.